The Hall–Kier alpha value is -0.0800. The minimum atomic E-state index is 0.879. The highest BCUT2D eigenvalue weighted by Crippen LogP contribution is 2.25. The largest absolute Gasteiger partial charge is 0.316 e. The van der Waals surface area contributed by atoms with Gasteiger partial charge in [-0.15, -0.1) is 0 Å². The topological polar surface area (TPSA) is 15.3 Å². The van der Waals surface area contributed by atoms with Crippen molar-refractivity contribution in [3.63, 3.8) is 0 Å². The zero-order valence-electron chi connectivity index (χ0n) is 11.0. The van der Waals surface area contributed by atoms with E-state index in [1.165, 1.54) is 58.3 Å². The number of nitrogens with one attached hydrogen (secondary N) is 1. The number of nitrogens with zero attached hydrogens (tertiary/aromatic N) is 1. The Morgan fingerprint density at radius 3 is 2.81 bits per heavy atom. The van der Waals surface area contributed by atoms with E-state index in [4.69, 9.17) is 0 Å². The van der Waals surface area contributed by atoms with Crippen molar-refractivity contribution in [2.45, 2.75) is 52.0 Å². The zero-order chi connectivity index (χ0) is 11.4. The summed E-state index contributed by atoms with van der Waals surface area (Å²) in [5, 5.41) is 3.53. The lowest BCUT2D eigenvalue weighted by molar-refractivity contribution is 0.113. The summed E-state index contributed by atoms with van der Waals surface area (Å²) < 4.78 is 0. The van der Waals surface area contributed by atoms with Gasteiger partial charge in [-0.2, -0.15) is 0 Å². The molecule has 2 nitrogen and oxygen atoms in total. The highest BCUT2D eigenvalue weighted by atomic mass is 15.2. The molecule has 2 fully saturated rings. The third-order valence-corrected chi connectivity index (χ3v) is 4.52. The molecule has 2 heterocycles. The molecular formula is C14H28N2. The fraction of sp³-hybridized carbons (Fsp3) is 1.00. The Labute approximate surface area is 101 Å². The van der Waals surface area contributed by atoms with Crippen LogP contribution in [-0.4, -0.2) is 37.1 Å². The van der Waals surface area contributed by atoms with E-state index in [1.54, 1.807) is 0 Å². The second-order valence-electron chi connectivity index (χ2n) is 5.83. The van der Waals surface area contributed by atoms with Gasteiger partial charge in [-0.25, -0.2) is 0 Å². The number of likely N-dealkylation sites (tertiary alicyclic amines) is 1. The molecule has 0 aromatic rings. The van der Waals surface area contributed by atoms with Gasteiger partial charge in [0, 0.05) is 12.6 Å². The molecule has 0 aromatic carbocycles. The zero-order valence-corrected chi connectivity index (χ0v) is 11.0. The molecule has 2 saturated heterocycles. The molecule has 0 aromatic heterocycles. The van der Waals surface area contributed by atoms with Crippen LogP contribution in [0.1, 0.15) is 46.0 Å². The maximum atomic E-state index is 3.53. The molecule has 0 spiro atoms. The third-order valence-electron chi connectivity index (χ3n) is 4.52. The van der Waals surface area contributed by atoms with Crippen molar-refractivity contribution in [1.29, 1.82) is 0 Å². The molecule has 0 radical (unpaired) electrons. The van der Waals surface area contributed by atoms with E-state index in [0.29, 0.717) is 0 Å². The van der Waals surface area contributed by atoms with Gasteiger partial charge in [0.2, 0.25) is 0 Å². The number of hydrogen-bond acceptors (Lipinski definition) is 2. The highest BCUT2D eigenvalue weighted by molar-refractivity contribution is 4.84. The Morgan fingerprint density at radius 1 is 1.25 bits per heavy atom. The van der Waals surface area contributed by atoms with Gasteiger partial charge in [-0.05, 0) is 50.7 Å². The second kappa shape index (κ2) is 6.02. The minimum absolute atomic E-state index is 0.879. The molecule has 0 saturated carbocycles. The molecule has 0 amide bonds. The first-order valence-electron chi connectivity index (χ1n) is 7.26. The summed E-state index contributed by atoms with van der Waals surface area (Å²) in [6.45, 7) is 9.91. The van der Waals surface area contributed by atoms with Crippen LogP contribution in [0.25, 0.3) is 0 Å². The van der Waals surface area contributed by atoms with Crippen LogP contribution >= 0.6 is 0 Å². The Balaban J connectivity index is 1.85. The van der Waals surface area contributed by atoms with E-state index >= 15 is 0 Å². The van der Waals surface area contributed by atoms with Crippen molar-refractivity contribution in [3.05, 3.63) is 0 Å². The van der Waals surface area contributed by atoms with Crippen LogP contribution in [0.3, 0.4) is 0 Å². The Morgan fingerprint density at radius 2 is 2.12 bits per heavy atom. The lowest BCUT2D eigenvalue weighted by atomic mass is 9.93. The summed E-state index contributed by atoms with van der Waals surface area (Å²) in [4.78, 5) is 2.79. The molecule has 2 heteroatoms. The van der Waals surface area contributed by atoms with Crippen LogP contribution in [0.5, 0.6) is 0 Å². The summed E-state index contributed by atoms with van der Waals surface area (Å²) in [5.74, 6) is 1.78. The third kappa shape index (κ3) is 2.98. The minimum Gasteiger partial charge on any atom is -0.316 e. The van der Waals surface area contributed by atoms with Gasteiger partial charge < -0.3 is 10.2 Å². The van der Waals surface area contributed by atoms with Crippen LogP contribution in [0.15, 0.2) is 0 Å². The fourth-order valence-corrected chi connectivity index (χ4v) is 3.37. The summed E-state index contributed by atoms with van der Waals surface area (Å²) in [6.07, 6.45) is 7.09. The van der Waals surface area contributed by atoms with E-state index in [0.717, 1.165) is 17.9 Å². The Bertz CT molecular complexity index is 203. The number of hydrogen-bond donors (Lipinski definition) is 1. The van der Waals surface area contributed by atoms with Crippen molar-refractivity contribution in [3.8, 4) is 0 Å². The summed E-state index contributed by atoms with van der Waals surface area (Å²) in [7, 11) is 0. The van der Waals surface area contributed by atoms with Crippen LogP contribution in [0, 0.1) is 11.8 Å². The summed E-state index contributed by atoms with van der Waals surface area (Å²) in [5.41, 5.74) is 0. The summed E-state index contributed by atoms with van der Waals surface area (Å²) in [6, 6.07) is 0.895. The van der Waals surface area contributed by atoms with Crippen molar-refractivity contribution in [2.24, 2.45) is 11.8 Å². The molecule has 2 rings (SSSR count). The van der Waals surface area contributed by atoms with Gasteiger partial charge in [-0.1, -0.05) is 26.7 Å². The van der Waals surface area contributed by atoms with Crippen molar-refractivity contribution < 1.29 is 0 Å². The first-order valence-corrected chi connectivity index (χ1v) is 7.26. The average Bonchev–Trinajstić information content (AvgIpc) is 2.68. The predicted molar refractivity (Wildman–Crippen MR) is 69.6 cm³/mol. The van der Waals surface area contributed by atoms with Gasteiger partial charge in [0.1, 0.15) is 0 Å². The van der Waals surface area contributed by atoms with Crippen LogP contribution < -0.4 is 5.32 Å². The van der Waals surface area contributed by atoms with Gasteiger partial charge in [-0.3, -0.25) is 0 Å². The maximum Gasteiger partial charge on any atom is 0.00952 e. The first-order chi connectivity index (χ1) is 7.81. The van der Waals surface area contributed by atoms with Crippen molar-refractivity contribution in [2.75, 3.05) is 26.2 Å². The molecule has 2 aliphatic rings. The first kappa shape index (κ1) is 12.4. The smallest absolute Gasteiger partial charge is 0.00952 e. The second-order valence-corrected chi connectivity index (χ2v) is 5.83. The molecule has 0 aliphatic carbocycles. The van der Waals surface area contributed by atoms with E-state index < -0.39 is 0 Å². The molecule has 1 unspecified atom stereocenters. The van der Waals surface area contributed by atoms with Crippen molar-refractivity contribution >= 4 is 0 Å². The monoisotopic (exact) mass is 224 g/mol. The quantitative estimate of drug-likeness (QED) is 0.789. The SMILES string of the molecule is CCCC1CCCCN1C[C@@H]1CNC[C@H]1C. The van der Waals surface area contributed by atoms with Crippen LogP contribution in [0.2, 0.25) is 0 Å². The van der Waals surface area contributed by atoms with Gasteiger partial charge in [0.25, 0.3) is 0 Å². The normalized spacial score (nSPS) is 36.8. The van der Waals surface area contributed by atoms with Gasteiger partial charge in [0.05, 0.1) is 0 Å². The molecule has 94 valence electrons. The lowest BCUT2D eigenvalue weighted by Crippen LogP contribution is -2.43. The van der Waals surface area contributed by atoms with E-state index in [2.05, 4.69) is 24.1 Å². The number of rotatable bonds is 4. The molecule has 1 N–H and O–H groups in total. The lowest BCUT2D eigenvalue weighted by Gasteiger charge is -2.38. The standard InChI is InChI=1S/C14H28N2/c1-3-6-14-7-4-5-8-16(14)11-13-10-15-9-12(13)2/h12-15H,3-11H2,1-2H3/t12-,13+,14?/m1/s1. The molecule has 2 aliphatic heterocycles. The van der Waals surface area contributed by atoms with Crippen molar-refractivity contribution in [1.82, 2.24) is 10.2 Å². The molecule has 0 bridgehead atoms. The molecule has 16 heavy (non-hydrogen) atoms. The van der Waals surface area contributed by atoms with E-state index in [1.807, 2.05) is 0 Å². The maximum absolute atomic E-state index is 3.53. The van der Waals surface area contributed by atoms with Crippen LogP contribution in [0.4, 0.5) is 0 Å². The number of piperidine rings is 1. The van der Waals surface area contributed by atoms with E-state index in [-0.39, 0.29) is 0 Å². The van der Waals surface area contributed by atoms with Gasteiger partial charge >= 0.3 is 0 Å². The highest BCUT2D eigenvalue weighted by Gasteiger charge is 2.29. The molecule has 3 atom stereocenters. The summed E-state index contributed by atoms with van der Waals surface area (Å²) >= 11 is 0. The molecular weight excluding hydrogens is 196 g/mol. The van der Waals surface area contributed by atoms with E-state index in [9.17, 15) is 0 Å². The predicted octanol–water partition coefficient (Wildman–Crippen LogP) is 2.50. The average molecular weight is 224 g/mol. The van der Waals surface area contributed by atoms with Crippen LogP contribution in [-0.2, 0) is 0 Å². The fourth-order valence-electron chi connectivity index (χ4n) is 3.37. The van der Waals surface area contributed by atoms with Gasteiger partial charge in [0.15, 0.2) is 0 Å². The Kier molecular flexibility index (Phi) is 4.66.